The van der Waals surface area contributed by atoms with E-state index in [0.29, 0.717) is 0 Å². The van der Waals surface area contributed by atoms with Gasteiger partial charge in [-0.15, -0.1) is 0 Å². The second-order valence-corrected chi connectivity index (χ2v) is 7.51. The second kappa shape index (κ2) is 7.77. The molecule has 1 N–H and O–H groups in total. The Hall–Kier alpha value is -1.55. The van der Waals surface area contributed by atoms with Crippen molar-refractivity contribution in [1.82, 2.24) is 5.32 Å². The minimum absolute atomic E-state index is 0.0744. The van der Waals surface area contributed by atoms with E-state index in [1.807, 2.05) is 0 Å². The lowest BCUT2D eigenvalue weighted by Crippen LogP contribution is -2.65. The number of nitrogens with zero attached hydrogens (tertiary/aromatic N) is 1. The van der Waals surface area contributed by atoms with E-state index in [4.69, 9.17) is 4.74 Å². The number of rotatable bonds is 5. The molecule has 1 amide bonds. The topological polar surface area (TPSA) is 41.6 Å². The molecule has 0 saturated carbocycles. The van der Waals surface area contributed by atoms with Gasteiger partial charge in [0.2, 0.25) is 5.91 Å². The average molecular weight is 344 g/mol. The van der Waals surface area contributed by atoms with E-state index in [-0.39, 0.29) is 23.7 Å². The van der Waals surface area contributed by atoms with Gasteiger partial charge in [-0.25, -0.2) is 0 Å². The van der Waals surface area contributed by atoms with Crippen LogP contribution < -0.4 is 10.2 Å². The zero-order valence-corrected chi connectivity index (χ0v) is 15.9. The van der Waals surface area contributed by atoms with Gasteiger partial charge in [0, 0.05) is 18.8 Å². The van der Waals surface area contributed by atoms with Gasteiger partial charge in [0.25, 0.3) is 0 Å². The van der Waals surface area contributed by atoms with Crippen molar-refractivity contribution in [2.45, 2.75) is 77.0 Å². The van der Waals surface area contributed by atoms with Crippen molar-refractivity contribution in [3.05, 3.63) is 29.8 Å². The van der Waals surface area contributed by atoms with Gasteiger partial charge in [-0.3, -0.25) is 4.79 Å². The van der Waals surface area contributed by atoms with Crippen molar-refractivity contribution < 1.29 is 9.53 Å². The highest BCUT2D eigenvalue weighted by Gasteiger charge is 2.47. The number of amides is 1. The summed E-state index contributed by atoms with van der Waals surface area (Å²) in [4.78, 5) is 14.7. The predicted molar refractivity (Wildman–Crippen MR) is 102 cm³/mol. The first kappa shape index (κ1) is 18.2. The van der Waals surface area contributed by atoms with Crippen LogP contribution in [0, 0.1) is 0 Å². The van der Waals surface area contributed by atoms with Crippen LogP contribution in [0.2, 0.25) is 0 Å². The Balaban J connectivity index is 1.70. The number of morpholine rings is 1. The highest BCUT2D eigenvalue weighted by Crippen LogP contribution is 2.37. The Bertz CT molecular complexity index is 593. The van der Waals surface area contributed by atoms with Crippen LogP contribution in [0.3, 0.4) is 0 Å². The van der Waals surface area contributed by atoms with Crippen molar-refractivity contribution in [1.29, 1.82) is 0 Å². The monoisotopic (exact) mass is 344 g/mol. The predicted octanol–water partition coefficient (Wildman–Crippen LogP) is 3.68. The zero-order valence-electron chi connectivity index (χ0n) is 15.9. The fourth-order valence-corrected chi connectivity index (χ4v) is 4.25. The highest BCUT2D eigenvalue weighted by atomic mass is 16.5. The summed E-state index contributed by atoms with van der Waals surface area (Å²) < 4.78 is 6.44. The van der Waals surface area contributed by atoms with Crippen LogP contribution in [0.15, 0.2) is 24.3 Å². The number of piperidine rings is 1. The molecule has 138 valence electrons. The van der Waals surface area contributed by atoms with Gasteiger partial charge in [0.05, 0.1) is 11.6 Å². The number of carbonyl (C=O) groups is 1. The van der Waals surface area contributed by atoms with E-state index < -0.39 is 0 Å². The minimum atomic E-state index is -0.273. The molecular formula is C21H32N2O2. The number of ether oxygens (including phenoxy) is 1. The van der Waals surface area contributed by atoms with Gasteiger partial charge in [0.1, 0.15) is 6.10 Å². The van der Waals surface area contributed by atoms with Gasteiger partial charge in [0.15, 0.2) is 0 Å². The molecule has 2 unspecified atom stereocenters. The fourth-order valence-electron chi connectivity index (χ4n) is 4.25. The molecule has 0 aromatic heterocycles. The summed E-state index contributed by atoms with van der Waals surface area (Å²) in [5.74, 6) is 0.0744. The molecule has 0 bridgehead atoms. The van der Waals surface area contributed by atoms with Crippen LogP contribution in [0.25, 0.3) is 0 Å². The average Bonchev–Trinajstić information content (AvgIpc) is 2.64. The number of aryl methyl sites for hydroxylation is 1. The van der Waals surface area contributed by atoms with Crippen molar-refractivity contribution >= 4 is 11.6 Å². The Morgan fingerprint density at radius 2 is 1.96 bits per heavy atom. The number of para-hydroxylation sites is 1. The number of carbonyl (C=O) groups excluding carboxylic acids is 1. The van der Waals surface area contributed by atoms with Crippen molar-refractivity contribution in [2.75, 3.05) is 18.0 Å². The summed E-state index contributed by atoms with van der Waals surface area (Å²) in [5.41, 5.74) is 2.56. The smallest absolute Gasteiger partial charge is 0.249 e. The van der Waals surface area contributed by atoms with Gasteiger partial charge in [-0.05, 0) is 44.2 Å². The third kappa shape index (κ3) is 3.69. The van der Waals surface area contributed by atoms with Crippen LogP contribution in [0.4, 0.5) is 5.69 Å². The molecule has 4 nitrogen and oxygen atoms in total. The van der Waals surface area contributed by atoms with Crippen molar-refractivity contribution in [3.8, 4) is 0 Å². The maximum atomic E-state index is 12.3. The molecule has 1 spiro atoms. The first-order valence-electron chi connectivity index (χ1n) is 9.90. The second-order valence-electron chi connectivity index (χ2n) is 7.51. The standard InChI is InChI=1S/C21H32N2O2/c1-4-6-11-19-20(24)22-16(3)21(25-19)12-14-23(15-13-21)18-10-8-7-9-17(18)5-2/h7-10,16,19H,4-6,11-15H2,1-3H3,(H,22,24). The number of hydrogen-bond acceptors (Lipinski definition) is 3. The summed E-state index contributed by atoms with van der Waals surface area (Å²) in [6, 6.07) is 8.78. The molecule has 2 saturated heterocycles. The van der Waals surface area contributed by atoms with E-state index in [2.05, 4.69) is 55.3 Å². The zero-order chi connectivity index (χ0) is 17.9. The molecule has 0 aliphatic carbocycles. The third-order valence-corrected chi connectivity index (χ3v) is 5.96. The number of nitrogens with one attached hydrogen (secondary N) is 1. The van der Waals surface area contributed by atoms with Crippen LogP contribution in [0.5, 0.6) is 0 Å². The van der Waals surface area contributed by atoms with E-state index in [1.54, 1.807) is 0 Å². The molecule has 2 atom stereocenters. The van der Waals surface area contributed by atoms with Crippen LogP contribution in [-0.4, -0.2) is 36.7 Å². The minimum Gasteiger partial charge on any atom is -0.371 e. The van der Waals surface area contributed by atoms with Gasteiger partial charge < -0.3 is 15.0 Å². The lowest BCUT2D eigenvalue weighted by atomic mass is 9.82. The Morgan fingerprint density at radius 3 is 2.64 bits per heavy atom. The van der Waals surface area contributed by atoms with Crippen LogP contribution in [0.1, 0.15) is 58.4 Å². The Kier molecular flexibility index (Phi) is 5.67. The summed E-state index contributed by atoms with van der Waals surface area (Å²) in [6.07, 6.45) is 5.68. The third-order valence-electron chi connectivity index (χ3n) is 5.96. The largest absolute Gasteiger partial charge is 0.371 e. The number of unbranched alkanes of at least 4 members (excludes halogenated alkanes) is 1. The maximum absolute atomic E-state index is 12.3. The maximum Gasteiger partial charge on any atom is 0.249 e. The van der Waals surface area contributed by atoms with E-state index in [0.717, 1.165) is 51.6 Å². The number of hydrogen-bond donors (Lipinski definition) is 1. The normalized spacial score (nSPS) is 25.9. The Morgan fingerprint density at radius 1 is 1.24 bits per heavy atom. The van der Waals surface area contributed by atoms with E-state index in [1.165, 1.54) is 11.3 Å². The number of anilines is 1. The highest BCUT2D eigenvalue weighted by molar-refractivity contribution is 5.82. The van der Waals surface area contributed by atoms with Crippen molar-refractivity contribution in [3.63, 3.8) is 0 Å². The summed E-state index contributed by atoms with van der Waals surface area (Å²) in [7, 11) is 0. The molecule has 2 aliphatic heterocycles. The molecule has 2 fully saturated rings. The lowest BCUT2D eigenvalue weighted by Gasteiger charge is -2.50. The summed E-state index contributed by atoms with van der Waals surface area (Å²) in [6.45, 7) is 8.44. The van der Waals surface area contributed by atoms with Gasteiger partial charge >= 0.3 is 0 Å². The Labute approximate surface area is 151 Å². The first-order valence-corrected chi connectivity index (χ1v) is 9.90. The van der Waals surface area contributed by atoms with E-state index in [9.17, 15) is 4.79 Å². The SMILES string of the molecule is CCCCC1OC2(CCN(c3ccccc3CC)CC2)C(C)NC1=O. The van der Waals surface area contributed by atoms with Gasteiger partial charge in [-0.1, -0.05) is 44.9 Å². The van der Waals surface area contributed by atoms with Gasteiger partial charge in [-0.2, -0.15) is 0 Å². The quantitative estimate of drug-likeness (QED) is 0.886. The first-order chi connectivity index (χ1) is 12.1. The molecule has 1 aromatic carbocycles. The summed E-state index contributed by atoms with van der Waals surface area (Å²) in [5, 5.41) is 3.19. The molecule has 3 rings (SSSR count). The molecule has 25 heavy (non-hydrogen) atoms. The molecule has 2 aliphatic rings. The summed E-state index contributed by atoms with van der Waals surface area (Å²) >= 11 is 0. The molecule has 1 aromatic rings. The fraction of sp³-hybridized carbons (Fsp3) is 0.667. The van der Waals surface area contributed by atoms with Crippen LogP contribution >= 0.6 is 0 Å². The molecular weight excluding hydrogens is 312 g/mol. The molecule has 0 radical (unpaired) electrons. The van der Waals surface area contributed by atoms with Crippen LogP contribution in [-0.2, 0) is 16.0 Å². The number of benzene rings is 1. The lowest BCUT2D eigenvalue weighted by molar-refractivity contribution is -0.177. The van der Waals surface area contributed by atoms with E-state index >= 15 is 0 Å². The molecule has 4 heteroatoms. The van der Waals surface area contributed by atoms with Crippen molar-refractivity contribution in [2.24, 2.45) is 0 Å². The molecule has 2 heterocycles.